The molecular formula is C9H16N2O2. The largest absolute Gasteiger partial charge is 0.466 e. The quantitative estimate of drug-likeness (QED) is 0.599. The number of hydrazone groups is 1. The summed E-state index contributed by atoms with van der Waals surface area (Å²) in [5.74, 6) is -0.106. The first-order valence-corrected chi connectivity index (χ1v) is 4.76. The van der Waals surface area contributed by atoms with Crippen LogP contribution >= 0.6 is 0 Å². The second-order valence-corrected chi connectivity index (χ2v) is 2.95. The third-order valence-corrected chi connectivity index (χ3v) is 1.86. The molecule has 74 valence electrons. The molecule has 13 heavy (non-hydrogen) atoms. The molecule has 0 aromatic carbocycles. The molecule has 0 unspecified atom stereocenters. The van der Waals surface area contributed by atoms with Crippen LogP contribution in [0.3, 0.4) is 0 Å². The van der Waals surface area contributed by atoms with Crippen molar-refractivity contribution in [3.05, 3.63) is 0 Å². The minimum atomic E-state index is -0.106. The number of carbonyl (C=O) groups is 1. The van der Waals surface area contributed by atoms with Gasteiger partial charge in [-0.15, -0.1) is 0 Å². The molecule has 4 nitrogen and oxygen atoms in total. The summed E-state index contributed by atoms with van der Waals surface area (Å²) in [6.45, 7) is 4.14. The van der Waals surface area contributed by atoms with Crippen molar-refractivity contribution < 1.29 is 9.53 Å². The van der Waals surface area contributed by atoms with Crippen LogP contribution in [0.2, 0.25) is 0 Å². The van der Waals surface area contributed by atoms with Crippen LogP contribution in [-0.2, 0) is 9.53 Å². The Morgan fingerprint density at radius 1 is 1.69 bits per heavy atom. The van der Waals surface area contributed by atoms with E-state index < -0.39 is 0 Å². The fraction of sp³-hybridized carbons (Fsp3) is 0.778. The minimum absolute atomic E-state index is 0.106. The van der Waals surface area contributed by atoms with E-state index in [1.165, 1.54) is 0 Å². The fourth-order valence-corrected chi connectivity index (χ4v) is 1.25. The molecule has 0 fully saturated rings. The van der Waals surface area contributed by atoms with Crippen LogP contribution in [0.4, 0.5) is 0 Å². The van der Waals surface area contributed by atoms with Crippen LogP contribution in [0, 0.1) is 0 Å². The van der Waals surface area contributed by atoms with Crippen molar-refractivity contribution >= 4 is 12.2 Å². The second-order valence-electron chi connectivity index (χ2n) is 2.95. The van der Waals surface area contributed by atoms with E-state index in [0.29, 0.717) is 13.0 Å². The molecule has 0 spiro atoms. The average molecular weight is 184 g/mol. The summed E-state index contributed by atoms with van der Waals surface area (Å²) < 4.78 is 4.81. The molecule has 0 bridgehead atoms. The zero-order chi connectivity index (χ0) is 9.52. The van der Waals surface area contributed by atoms with Crippen LogP contribution < -0.4 is 0 Å². The molecule has 1 aliphatic heterocycles. The summed E-state index contributed by atoms with van der Waals surface area (Å²) in [4.78, 5) is 10.9. The maximum absolute atomic E-state index is 10.9. The average Bonchev–Trinajstić information content (AvgIpc) is 2.57. The zero-order valence-electron chi connectivity index (χ0n) is 8.03. The van der Waals surface area contributed by atoms with Gasteiger partial charge in [0.05, 0.1) is 6.61 Å². The van der Waals surface area contributed by atoms with Crippen molar-refractivity contribution in [3.8, 4) is 0 Å². The van der Waals surface area contributed by atoms with E-state index in [2.05, 4.69) is 5.10 Å². The lowest BCUT2D eigenvalue weighted by atomic mass is 10.3. The molecule has 0 aromatic heterocycles. The Balaban J connectivity index is 2.00. The van der Waals surface area contributed by atoms with E-state index >= 15 is 0 Å². The maximum atomic E-state index is 10.9. The van der Waals surface area contributed by atoms with Crippen LogP contribution in [0.1, 0.15) is 26.2 Å². The Bertz CT molecular complexity index is 192. The molecule has 0 saturated heterocycles. The number of esters is 1. The Hall–Kier alpha value is -1.06. The Morgan fingerprint density at radius 3 is 3.15 bits per heavy atom. The molecular weight excluding hydrogens is 168 g/mol. The Kier molecular flexibility index (Phi) is 4.29. The Labute approximate surface area is 78.6 Å². The SMILES string of the molecule is CCOC(=O)CCCN1CCC=N1. The van der Waals surface area contributed by atoms with Gasteiger partial charge in [-0.05, 0) is 13.3 Å². The van der Waals surface area contributed by atoms with Gasteiger partial charge in [0.25, 0.3) is 0 Å². The standard InChI is InChI=1S/C9H16N2O2/c1-2-13-9(12)5-3-7-11-8-4-6-10-11/h6H,2-5,7-8H2,1H3. The van der Waals surface area contributed by atoms with Crippen molar-refractivity contribution in [2.45, 2.75) is 26.2 Å². The molecule has 0 aromatic rings. The van der Waals surface area contributed by atoms with Crippen molar-refractivity contribution in [1.82, 2.24) is 5.01 Å². The first-order chi connectivity index (χ1) is 6.33. The molecule has 1 rings (SSSR count). The van der Waals surface area contributed by atoms with Gasteiger partial charge < -0.3 is 4.74 Å². The maximum Gasteiger partial charge on any atom is 0.305 e. The summed E-state index contributed by atoms with van der Waals surface area (Å²) in [5.41, 5.74) is 0. The summed E-state index contributed by atoms with van der Waals surface area (Å²) in [5, 5.41) is 6.12. The third-order valence-electron chi connectivity index (χ3n) is 1.86. The van der Waals surface area contributed by atoms with Crippen molar-refractivity contribution in [3.63, 3.8) is 0 Å². The van der Waals surface area contributed by atoms with Gasteiger partial charge in [0.15, 0.2) is 0 Å². The van der Waals surface area contributed by atoms with E-state index in [-0.39, 0.29) is 5.97 Å². The molecule has 0 atom stereocenters. The van der Waals surface area contributed by atoms with Gasteiger partial charge in [-0.3, -0.25) is 9.80 Å². The van der Waals surface area contributed by atoms with E-state index in [1.807, 2.05) is 18.1 Å². The van der Waals surface area contributed by atoms with Gasteiger partial charge in [0.1, 0.15) is 0 Å². The van der Waals surface area contributed by atoms with Crippen molar-refractivity contribution in [2.24, 2.45) is 5.10 Å². The number of hydrogen-bond donors (Lipinski definition) is 0. The zero-order valence-corrected chi connectivity index (χ0v) is 8.03. The summed E-state index contributed by atoms with van der Waals surface area (Å²) in [6.07, 6.45) is 4.26. The highest BCUT2D eigenvalue weighted by Gasteiger charge is 2.06. The monoisotopic (exact) mass is 184 g/mol. The minimum Gasteiger partial charge on any atom is -0.466 e. The summed E-state index contributed by atoms with van der Waals surface area (Å²) in [7, 11) is 0. The van der Waals surface area contributed by atoms with Crippen LogP contribution in [0.5, 0.6) is 0 Å². The Morgan fingerprint density at radius 2 is 2.54 bits per heavy atom. The first kappa shape index (κ1) is 10.0. The lowest BCUT2D eigenvalue weighted by molar-refractivity contribution is -0.143. The molecule has 4 heteroatoms. The molecule has 0 amide bonds. The molecule has 0 saturated carbocycles. The number of carbonyl (C=O) groups excluding carboxylic acids is 1. The summed E-state index contributed by atoms with van der Waals surface area (Å²) in [6, 6.07) is 0. The van der Waals surface area contributed by atoms with E-state index in [1.54, 1.807) is 0 Å². The van der Waals surface area contributed by atoms with Crippen LogP contribution in [0.15, 0.2) is 5.10 Å². The van der Waals surface area contributed by atoms with E-state index in [4.69, 9.17) is 4.74 Å². The lowest BCUT2D eigenvalue weighted by Gasteiger charge is -2.12. The molecule has 1 aliphatic rings. The second kappa shape index (κ2) is 5.56. The van der Waals surface area contributed by atoms with Gasteiger partial charge in [0.2, 0.25) is 0 Å². The predicted molar refractivity (Wildman–Crippen MR) is 50.5 cm³/mol. The van der Waals surface area contributed by atoms with Gasteiger partial charge in [0, 0.05) is 32.1 Å². The van der Waals surface area contributed by atoms with Crippen molar-refractivity contribution in [1.29, 1.82) is 0 Å². The molecule has 1 heterocycles. The smallest absolute Gasteiger partial charge is 0.305 e. The van der Waals surface area contributed by atoms with Gasteiger partial charge >= 0.3 is 5.97 Å². The van der Waals surface area contributed by atoms with Crippen LogP contribution in [-0.4, -0.2) is 36.9 Å². The van der Waals surface area contributed by atoms with Gasteiger partial charge in [-0.25, -0.2) is 0 Å². The predicted octanol–water partition coefficient (Wildman–Crippen LogP) is 1.02. The molecule has 0 aliphatic carbocycles. The van der Waals surface area contributed by atoms with E-state index in [9.17, 15) is 4.79 Å². The number of rotatable bonds is 5. The number of hydrogen-bond acceptors (Lipinski definition) is 4. The highest BCUT2D eigenvalue weighted by molar-refractivity contribution is 5.69. The highest BCUT2D eigenvalue weighted by atomic mass is 16.5. The fourth-order valence-electron chi connectivity index (χ4n) is 1.25. The molecule has 0 radical (unpaired) electrons. The topological polar surface area (TPSA) is 41.9 Å². The number of nitrogens with zero attached hydrogens (tertiary/aromatic N) is 2. The van der Waals surface area contributed by atoms with Crippen molar-refractivity contribution in [2.75, 3.05) is 19.7 Å². The first-order valence-electron chi connectivity index (χ1n) is 4.76. The number of ether oxygens (including phenoxy) is 1. The third kappa shape index (κ3) is 3.92. The van der Waals surface area contributed by atoms with Gasteiger partial charge in [-0.2, -0.15) is 5.10 Å². The lowest BCUT2D eigenvalue weighted by Crippen LogP contribution is -2.17. The van der Waals surface area contributed by atoms with Gasteiger partial charge in [-0.1, -0.05) is 0 Å². The van der Waals surface area contributed by atoms with Crippen LogP contribution in [0.25, 0.3) is 0 Å². The van der Waals surface area contributed by atoms with E-state index in [0.717, 1.165) is 25.9 Å². The normalized spacial score (nSPS) is 15.0. The highest BCUT2D eigenvalue weighted by Crippen LogP contribution is 2.02. The molecule has 0 N–H and O–H groups in total. The summed E-state index contributed by atoms with van der Waals surface area (Å²) >= 11 is 0.